The molecule has 0 aliphatic carbocycles. The van der Waals surface area contributed by atoms with Crippen LogP contribution in [0, 0.1) is 0 Å². The molecule has 5 heterocycles. The van der Waals surface area contributed by atoms with Crippen molar-refractivity contribution in [3.8, 4) is 51.5 Å². The monoisotopic (exact) mass is 652 g/mol. The van der Waals surface area contributed by atoms with Crippen LogP contribution >= 0.6 is 0 Å². The van der Waals surface area contributed by atoms with Crippen molar-refractivity contribution in [1.82, 2.24) is 24.5 Å². The summed E-state index contributed by atoms with van der Waals surface area (Å²) in [7, 11) is 0. The first-order valence-corrected chi connectivity index (χ1v) is 16.8. The highest BCUT2D eigenvalue weighted by Gasteiger charge is 2.18. The molecule has 0 amide bonds. The molecule has 8 nitrogen and oxygen atoms in total. The Morgan fingerprint density at radius 1 is 0.480 bits per heavy atom. The number of fused-ring (bicyclic) bond motifs is 3. The second-order valence-corrected chi connectivity index (χ2v) is 12.3. The van der Waals surface area contributed by atoms with Crippen molar-refractivity contribution < 1.29 is 9.47 Å². The summed E-state index contributed by atoms with van der Waals surface area (Å²) in [5, 5.41) is 2.12. The molecule has 0 atom stereocenters. The van der Waals surface area contributed by atoms with Crippen LogP contribution in [0.25, 0.3) is 50.3 Å². The van der Waals surface area contributed by atoms with Gasteiger partial charge < -0.3 is 14.4 Å². The molecule has 0 saturated carbocycles. The average molecular weight is 653 g/mol. The van der Waals surface area contributed by atoms with E-state index >= 15 is 0 Å². The summed E-state index contributed by atoms with van der Waals surface area (Å²) in [4.78, 5) is 21.1. The lowest BCUT2D eigenvalue weighted by Crippen LogP contribution is -2.18. The summed E-state index contributed by atoms with van der Waals surface area (Å²) >= 11 is 0. The molecule has 4 aromatic heterocycles. The zero-order valence-corrected chi connectivity index (χ0v) is 27.2. The Balaban J connectivity index is 1.12. The van der Waals surface area contributed by atoms with Crippen molar-refractivity contribution in [3.63, 3.8) is 0 Å². The summed E-state index contributed by atoms with van der Waals surface area (Å²) in [6, 6.07) is 40.1. The number of benzene rings is 4. The van der Waals surface area contributed by atoms with Crippen molar-refractivity contribution >= 4 is 27.5 Å². The predicted octanol–water partition coefficient (Wildman–Crippen LogP) is 9.88. The molecule has 4 aromatic carbocycles. The van der Waals surface area contributed by atoms with E-state index in [0.29, 0.717) is 17.4 Å². The highest BCUT2D eigenvalue weighted by molar-refractivity contribution is 6.09. The van der Waals surface area contributed by atoms with Crippen molar-refractivity contribution in [2.75, 3.05) is 18.0 Å². The summed E-state index contributed by atoms with van der Waals surface area (Å²) in [5.41, 5.74) is 6.67. The Labute approximate surface area is 289 Å². The van der Waals surface area contributed by atoms with Gasteiger partial charge in [-0.15, -0.1) is 0 Å². The van der Waals surface area contributed by atoms with E-state index < -0.39 is 0 Å². The molecule has 0 radical (unpaired) electrons. The minimum absolute atomic E-state index is 0.580. The van der Waals surface area contributed by atoms with E-state index in [1.807, 2.05) is 109 Å². The smallest absolute Gasteiger partial charge is 0.234 e. The number of hydrogen-bond donors (Lipinski definition) is 0. The number of anilines is 1. The number of nitrogens with zero attached hydrogens (tertiary/aromatic N) is 6. The summed E-state index contributed by atoms with van der Waals surface area (Å²) in [6.07, 6.45) is 9.83. The van der Waals surface area contributed by atoms with Gasteiger partial charge in [-0.05, 0) is 85.6 Å². The van der Waals surface area contributed by atoms with E-state index in [-0.39, 0.29) is 0 Å². The number of pyridine rings is 2. The number of rotatable bonds is 8. The number of aromatic nitrogens is 5. The van der Waals surface area contributed by atoms with Crippen LogP contribution in [0.15, 0.2) is 146 Å². The second kappa shape index (κ2) is 12.8. The Kier molecular flexibility index (Phi) is 7.58. The fourth-order valence-corrected chi connectivity index (χ4v) is 6.67. The second-order valence-electron chi connectivity index (χ2n) is 12.3. The quantitative estimate of drug-likeness (QED) is 0.162. The largest absolute Gasteiger partial charge is 0.457 e. The van der Waals surface area contributed by atoms with E-state index in [1.165, 1.54) is 12.8 Å². The highest BCUT2D eigenvalue weighted by Crippen LogP contribution is 2.38. The number of ether oxygens (including phenoxy) is 2. The fourth-order valence-electron chi connectivity index (χ4n) is 6.67. The molecule has 8 heteroatoms. The topological polar surface area (TPSA) is 78.2 Å². The van der Waals surface area contributed by atoms with Crippen molar-refractivity contribution in [2.24, 2.45) is 0 Å². The van der Waals surface area contributed by atoms with E-state index in [0.717, 1.165) is 74.6 Å². The van der Waals surface area contributed by atoms with Crippen molar-refractivity contribution in [3.05, 3.63) is 146 Å². The Morgan fingerprint density at radius 3 is 1.50 bits per heavy atom. The molecule has 8 aromatic rings. The van der Waals surface area contributed by atoms with Crippen LogP contribution in [0.3, 0.4) is 0 Å². The third-order valence-electron chi connectivity index (χ3n) is 9.07. The van der Waals surface area contributed by atoms with Gasteiger partial charge in [-0.25, -0.2) is 9.97 Å². The van der Waals surface area contributed by atoms with E-state index in [4.69, 9.17) is 19.4 Å². The predicted molar refractivity (Wildman–Crippen MR) is 197 cm³/mol. The molecule has 1 aliphatic heterocycles. The summed E-state index contributed by atoms with van der Waals surface area (Å²) < 4.78 is 15.0. The number of hydrogen-bond acceptors (Lipinski definition) is 7. The van der Waals surface area contributed by atoms with Crippen LogP contribution in [-0.2, 0) is 0 Å². The molecule has 0 unspecified atom stereocenters. The SMILES string of the molecule is c1ccc(-c2cccc(Oc3ccc4c5ccc(Oc6cccc(-c7ccccn7)c6)cc5n(-c5ncc(N6CCCC6)cn5)c4c3)c2)nc1. The Hall–Kier alpha value is -6.54. The van der Waals surface area contributed by atoms with Gasteiger partial charge in [-0.1, -0.05) is 36.4 Å². The van der Waals surface area contributed by atoms with Crippen LogP contribution in [-0.4, -0.2) is 37.6 Å². The van der Waals surface area contributed by atoms with Crippen molar-refractivity contribution in [1.29, 1.82) is 0 Å². The normalized spacial score (nSPS) is 12.8. The molecule has 242 valence electrons. The lowest BCUT2D eigenvalue weighted by atomic mass is 10.1. The first-order chi connectivity index (χ1) is 24.7. The average Bonchev–Trinajstić information content (AvgIpc) is 3.83. The first-order valence-electron chi connectivity index (χ1n) is 16.8. The van der Waals surface area contributed by atoms with Gasteiger partial charge in [0.15, 0.2) is 0 Å². The first kappa shape index (κ1) is 29.6. The third-order valence-corrected chi connectivity index (χ3v) is 9.07. The molecule has 1 fully saturated rings. The highest BCUT2D eigenvalue weighted by atomic mass is 16.5. The molecule has 9 rings (SSSR count). The van der Waals surface area contributed by atoms with Gasteiger partial charge in [-0.3, -0.25) is 14.5 Å². The molecule has 0 N–H and O–H groups in total. The van der Waals surface area contributed by atoms with Gasteiger partial charge in [-0.2, -0.15) is 0 Å². The summed E-state index contributed by atoms with van der Waals surface area (Å²) in [5.74, 6) is 3.44. The minimum Gasteiger partial charge on any atom is -0.457 e. The minimum atomic E-state index is 0.580. The molecular weight excluding hydrogens is 621 g/mol. The van der Waals surface area contributed by atoms with Crippen molar-refractivity contribution in [2.45, 2.75) is 12.8 Å². The third kappa shape index (κ3) is 5.77. The van der Waals surface area contributed by atoms with E-state index in [9.17, 15) is 0 Å². The molecule has 0 bridgehead atoms. The van der Waals surface area contributed by atoms with Gasteiger partial charge in [0.2, 0.25) is 5.95 Å². The molecule has 50 heavy (non-hydrogen) atoms. The van der Waals surface area contributed by atoms with Crippen LogP contribution in [0.1, 0.15) is 12.8 Å². The van der Waals surface area contributed by atoms with Crippen LogP contribution in [0.2, 0.25) is 0 Å². The van der Waals surface area contributed by atoms with Crippen LogP contribution in [0.4, 0.5) is 5.69 Å². The maximum Gasteiger partial charge on any atom is 0.234 e. The van der Waals surface area contributed by atoms with E-state index in [2.05, 4.69) is 43.7 Å². The Morgan fingerprint density at radius 2 is 1.00 bits per heavy atom. The lowest BCUT2D eigenvalue weighted by molar-refractivity contribution is 0.483. The van der Waals surface area contributed by atoms with E-state index in [1.54, 1.807) is 12.4 Å². The van der Waals surface area contributed by atoms with Gasteiger partial charge in [0.1, 0.15) is 23.0 Å². The van der Waals surface area contributed by atoms with Crippen LogP contribution in [0.5, 0.6) is 23.0 Å². The van der Waals surface area contributed by atoms with Gasteiger partial charge >= 0.3 is 0 Å². The Bertz CT molecular complexity index is 2300. The standard InChI is InChI=1S/C42H32N6O2/c1-3-19-43-38(13-1)29-9-7-11-32(23-29)49-34-15-17-36-37-18-16-35(50-33-12-8-10-30(24-33)39-14-2-4-20-44-39)26-41(37)48(40(36)25-34)42-45-27-31(28-46-42)47-21-5-6-22-47/h1-4,7-20,23-28H,5-6,21-22H2. The van der Waals surface area contributed by atoms with Gasteiger partial charge in [0.25, 0.3) is 0 Å². The summed E-state index contributed by atoms with van der Waals surface area (Å²) in [6.45, 7) is 2.06. The molecule has 1 saturated heterocycles. The maximum atomic E-state index is 6.45. The lowest BCUT2D eigenvalue weighted by Gasteiger charge is -2.17. The fraction of sp³-hybridized carbons (Fsp3) is 0.0952. The zero-order chi connectivity index (χ0) is 33.3. The molecular formula is C42H32N6O2. The maximum absolute atomic E-state index is 6.45. The van der Waals surface area contributed by atoms with Gasteiger partial charge in [0, 0.05) is 59.5 Å². The van der Waals surface area contributed by atoms with Gasteiger partial charge in [0.05, 0.1) is 40.5 Å². The van der Waals surface area contributed by atoms with Crippen LogP contribution < -0.4 is 14.4 Å². The molecule has 0 spiro atoms. The molecule has 1 aliphatic rings. The zero-order valence-electron chi connectivity index (χ0n) is 27.2.